The molecule has 1 saturated heterocycles. The minimum absolute atomic E-state index is 0.231. The first-order valence-corrected chi connectivity index (χ1v) is 10.9. The minimum Gasteiger partial charge on any atom is -0.598 e. The maximum absolute atomic E-state index is 15.2. The van der Waals surface area contributed by atoms with E-state index in [-0.39, 0.29) is 11.1 Å². The molecule has 3 rings (SSSR count). The average Bonchev–Trinajstić information content (AvgIpc) is 2.66. The van der Waals surface area contributed by atoms with Gasteiger partial charge < -0.3 is 14.2 Å². The van der Waals surface area contributed by atoms with E-state index in [9.17, 15) is 9.35 Å². The van der Waals surface area contributed by atoms with Crippen molar-refractivity contribution in [3.8, 4) is 0 Å². The molecule has 1 fully saturated rings. The average molecular weight is 425 g/mol. The molecule has 0 saturated carbocycles. The number of anilines is 1. The molecule has 1 aromatic carbocycles. The number of hydrogen-bond acceptors (Lipinski definition) is 6. The molecule has 0 spiro atoms. The monoisotopic (exact) mass is 424 g/mol. The predicted molar refractivity (Wildman–Crippen MR) is 114 cm³/mol. The van der Waals surface area contributed by atoms with Crippen LogP contribution in [0.25, 0.3) is 10.9 Å². The zero-order chi connectivity index (χ0) is 21.5. The van der Waals surface area contributed by atoms with Crippen LogP contribution >= 0.6 is 0 Å². The summed E-state index contributed by atoms with van der Waals surface area (Å²) in [7, 11) is 1.67. The SMILES string of the molecule is Cc1cc2c(=O)n(C)c(N3CCOCC3)nc2c([C@@H](C)N[S+]([O-])C(C)(C)C)c1F. The molecule has 0 amide bonds. The van der Waals surface area contributed by atoms with Crippen LogP contribution in [0.3, 0.4) is 0 Å². The fourth-order valence-electron chi connectivity index (χ4n) is 3.38. The Labute approximate surface area is 173 Å². The second-order valence-corrected chi connectivity index (χ2v) is 10.4. The molecule has 2 aromatic rings. The van der Waals surface area contributed by atoms with Crippen LogP contribution in [-0.4, -0.2) is 45.2 Å². The number of nitrogens with zero attached hydrogens (tertiary/aromatic N) is 3. The Kier molecular flexibility index (Phi) is 6.24. The van der Waals surface area contributed by atoms with E-state index in [1.165, 1.54) is 4.57 Å². The van der Waals surface area contributed by atoms with Gasteiger partial charge in [0.25, 0.3) is 5.56 Å². The van der Waals surface area contributed by atoms with Gasteiger partial charge in [-0.2, -0.15) is 0 Å². The molecular weight excluding hydrogens is 395 g/mol. The van der Waals surface area contributed by atoms with Crippen molar-refractivity contribution in [1.82, 2.24) is 14.3 Å². The lowest BCUT2D eigenvalue weighted by Gasteiger charge is -2.30. The molecule has 1 N–H and O–H groups in total. The summed E-state index contributed by atoms with van der Waals surface area (Å²) >= 11 is -1.40. The molecule has 0 radical (unpaired) electrons. The summed E-state index contributed by atoms with van der Waals surface area (Å²) in [5.74, 6) is 0.0523. The molecule has 1 unspecified atom stereocenters. The largest absolute Gasteiger partial charge is 0.598 e. The Morgan fingerprint density at radius 2 is 1.97 bits per heavy atom. The summed E-state index contributed by atoms with van der Waals surface area (Å²) in [4.78, 5) is 19.7. The molecule has 1 aliphatic heterocycles. The van der Waals surface area contributed by atoms with Gasteiger partial charge in [0.05, 0.1) is 30.2 Å². The Morgan fingerprint density at radius 3 is 2.55 bits per heavy atom. The Hall–Kier alpha value is -1.68. The summed E-state index contributed by atoms with van der Waals surface area (Å²) in [5.41, 5.74) is 0.708. The lowest BCUT2D eigenvalue weighted by molar-refractivity contribution is 0.121. The summed E-state index contributed by atoms with van der Waals surface area (Å²) in [6.07, 6.45) is 0. The number of aryl methyl sites for hydroxylation is 1. The highest BCUT2D eigenvalue weighted by molar-refractivity contribution is 7.90. The van der Waals surface area contributed by atoms with Gasteiger partial charge in [0.15, 0.2) is 0 Å². The third-order valence-electron chi connectivity index (χ3n) is 5.07. The highest BCUT2D eigenvalue weighted by Crippen LogP contribution is 2.30. The van der Waals surface area contributed by atoms with Crippen molar-refractivity contribution >= 4 is 28.2 Å². The third kappa shape index (κ3) is 4.28. The number of benzene rings is 1. The molecule has 7 nitrogen and oxygen atoms in total. The van der Waals surface area contributed by atoms with Gasteiger partial charge in [-0.05, 0) is 46.2 Å². The lowest BCUT2D eigenvalue weighted by Crippen LogP contribution is -2.41. The van der Waals surface area contributed by atoms with Gasteiger partial charge in [-0.3, -0.25) is 9.36 Å². The van der Waals surface area contributed by atoms with Crippen LogP contribution in [0.2, 0.25) is 0 Å². The van der Waals surface area contributed by atoms with Crippen LogP contribution in [0.15, 0.2) is 10.9 Å². The predicted octanol–water partition coefficient (Wildman–Crippen LogP) is 2.33. The maximum atomic E-state index is 15.2. The molecule has 0 bridgehead atoms. The van der Waals surface area contributed by atoms with Crippen LogP contribution in [0.5, 0.6) is 0 Å². The fraction of sp³-hybridized carbons (Fsp3) is 0.600. The van der Waals surface area contributed by atoms with Gasteiger partial charge in [-0.1, -0.05) is 0 Å². The number of ether oxygens (including phenoxy) is 1. The number of fused-ring (bicyclic) bond motifs is 1. The van der Waals surface area contributed by atoms with E-state index in [0.29, 0.717) is 48.7 Å². The molecule has 160 valence electrons. The van der Waals surface area contributed by atoms with Crippen LogP contribution in [0.4, 0.5) is 10.3 Å². The van der Waals surface area contributed by atoms with Crippen LogP contribution in [0.1, 0.15) is 44.9 Å². The van der Waals surface area contributed by atoms with Crippen molar-refractivity contribution in [3.05, 3.63) is 33.4 Å². The standard InChI is InChI=1S/C20H29FN4O3S/c1-12-11-14-17(15(16(12)21)13(2)23-29(27)20(3,4)5)22-19(24(6)18(14)26)25-7-9-28-10-8-25/h11,13,23H,7-10H2,1-6H3/t13-,29?/m1/s1. The van der Waals surface area contributed by atoms with Gasteiger partial charge in [0.1, 0.15) is 10.6 Å². The Balaban J connectivity index is 2.18. The summed E-state index contributed by atoms with van der Waals surface area (Å²) in [6, 6.07) is 0.953. The zero-order valence-electron chi connectivity index (χ0n) is 17.8. The third-order valence-corrected chi connectivity index (χ3v) is 6.75. The van der Waals surface area contributed by atoms with Crippen molar-refractivity contribution in [2.45, 2.75) is 45.4 Å². The van der Waals surface area contributed by atoms with E-state index < -0.39 is 28.0 Å². The van der Waals surface area contributed by atoms with E-state index in [2.05, 4.69) is 4.72 Å². The van der Waals surface area contributed by atoms with Gasteiger partial charge in [0, 0.05) is 37.1 Å². The molecular formula is C20H29FN4O3S. The van der Waals surface area contributed by atoms with Gasteiger partial charge >= 0.3 is 0 Å². The Morgan fingerprint density at radius 1 is 1.34 bits per heavy atom. The van der Waals surface area contributed by atoms with E-state index in [1.54, 1.807) is 27.0 Å². The first-order chi connectivity index (χ1) is 13.5. The first-order valence-electron chi connectivity index (χ1n) is 9.73. The van der Waals surface area contributed by atoms with Crippen molar-refractivity contribution < 1.29 is 13.7 Å². The normalized spacial score (nSPS) is 17.6. The van der Waals surface area contributed by atoms with Crippen LogP contribution in [-0.2, 0) is 23.1 Å². The van der Waals surface area contributed by atoms with Gasteiger partial charge in [0.2, 0.25) is 5.95 Å². The minimum atomic E-state index is -1.40. The van der Waals surface area contributed by atoms with E-state index in [4.69, 9.17) is 9.72 Å². The van der Waals surface area contributed by atoms with Crippen molar-refractivity contribution in [1.29, 1.82) is 0 Å². The van der Waals surface area contributed by atoms with E-state index >= 15 is 4.39 Å². The molecule has 1 aliphatic rings. The highest BCUT2D eigenvalue weighted by atomic mass is 32.2. The highest BCUT2D eigenvalue weighted by Gasteiger charge is 2.31. The zero-order valence-corrected chi connectivity index (χ0v) is 18.7. The van der Waals surface area contributed by atoms with Gasteiger partial charge in [-0.15, -0.1) is 4.72 Å². The number of hydrogen-bond donors (Lipinski definition) is 1. The van der Waals surface area contributed by atoms with Gasteiger partial charge in [-0.25, -0.2) is 9.37 Å². The fourth-order valence-corrected chi connectivity index (χ4v) is 4.17. The van der Waals surface area contributed by atoms with Crippen LogP contribution in [0, 0.1) is 12.7 Å². The second kappa shape index (κ2) is 8.22. The maximum Gasteiger partial charge on any atom is 0.262 e. The Bertz CT molecular complexity index is 967. The lowest BCUT2D eigenvalue weighted by atomic mass is 10.0. The summed E-state index contributed by atoms with van der Waals surface area (Å²) < 4.78 is 37.2. The van der Waals surface area contributed by atoms with E-state index in [1.807, 2.05) is 25.7 Å². The second-order valence-electron chi connectivity index (χ2n) is 8.41. The number of halogens is 1. The number of morpholine rings is 1. The molecule has 0 aliphatic carbocycles. The van der Waals surface area contributed by atoms with Crippen molar-refractivity contribution in [3.63, 3.8) is 0 Å². The molecule has 9 heteroatoms. The summed E-state index contributed by atoms with van der Waals surface area (Å²) in [6.45, 7) is 11.2. The first kappa shape index (κ1) is 22.0. The van der Waals surface area contributed by atoms with Crippen molar-refractivity contribution in [2.24, 2.45) is 7.05 Å². The smallest absolute Gasteiger partial charge is 0.262 e. The van der Waals surface area contributed by atoms with Crippen molar-refractivity contribution in [2.75, 3.05) is 31.2 Å². The number of rotatable bonds is 4. The number of nitrogens with one attached hydrogen (secondary N) is 1. The molecule has 29 heavy (non-hydrogen) atoms. The van der Waals surface area contributed by atoms with E-state index in [0.717, 1.165) is 0 Å². The van der Waals surface area contributed by atoms with Crippen LogP contribution < -0.4 is 15.2 Å². The molecule has 2 atom stereocenters. The topological polar surface area (TPSA) is 82.5 Å². The molecule has 1 aromatic heterocycles. The quantitative estimate of drug-likeness (QED) is 0.759. The summed E-state index contributed by atoms with van der Waals surface area (Å²) in [5, 5.41) is 0.355. The molecule has 2 heterocycles. The number of aromatic nitrogens is 2.